The van der Waals surface area contributed by atoms with Crippen LogP contribution in [0, 0.1) is 5.41 Å². The number of rotatable bonds is 3. The van der Waals surface area contributed by atoms with Crippen LogP contribution in [0.1, 0.15) is 90.0 Å². The van der Waals surface area contributed by atoms with Gasteiger partial charge in [0.05, 0.1) is 6.10 Å². The minimum atomic E-state index is -0.350. The summed E-state index contributed by atoms with van der Waals surface area (Å²) in [5.74, 6) is 0.435. The molecule has 1 atom stereocenters. The number of allylic oxidation sites excluding steroid dienone is 5. The third-order valence-corrected chi connectivity index (χ3v) is 3.56. The first kappa shape index (κ1) is 31.5. The third-order valence-electron chi connectivity index (χ3n) is 3.56. The van der Waals surface area contributed by atoms with Crippen LogP contribution in [0.3, 0.4) is 0 Å². The van der Waals surface area contributed by atoms with Gasteiger partial charge in [-0.2, -0.15) is 0 Å². The molecule has 2 heteroatoms. The Hall–Kier alpha value is -1.28. The van der Waals surface area contributed by atoms with Crippen molar-refractivity contribution < 1.29 is 10.2 Å². The number of hydrogen-bond donors (Lipinski definition) is 2. The fourth-order valence-electron chi connectivity index (χ4n) is 1.41. The van der Waals surface area contributed by atoms with Crippen LogP contribution in [0.4, 0.5) is 0 Å². The van der Waals surface area contributed by atoms with Crippen LogP contribution in [0.2, 0.25) is 0 Å². The molecular formula is C23H46O2. The molecule has 0 rings (SSSR count). The van der Waals surface area contributed by atoms with Crippen LogP contribution < -0.4 is 0 Å². The smallest absolute Gasteiger partial charge is 0.101 e. The van der Waals surface area contributed by atoms with E-state index in [2.05, 4.69) is 13.2 Å². The van der Waals surface area contributed by atoms with Gasteiger partial charge in [0, 0.05) is 5.41 Å². The normalized spacial score (nSPS) is 13.2. The molecule has 0 heterocycles. The molecule has 0 fully saturated rings. The van der Waals surface area contributed by atoms with Crippen LogP contribution in [0.5, 0.6) is 0 Å². The summed E-state index contributed by atoms with van der Waals surface area (Å²) < 4.78 is 0. The monoisotopic (exact) mass is 354 g/mol. The Labute approximate surface area is 159 Å². The Kier molecular flexibility index (Phi) is 20.4. The molecule has 0 radical (unpaired) electrons. The molecule has 0 spiro atoms. The Morgan fingerprint density at radius 3 is 1.12 bits per heavy atom. The van der Waals surface area contributed by atoms with E-state index in [1.807, 2.05) is 83.1 Å². The van der Waals surface area contributed by atoms with Crippen LogP contribution in [0.25, 0.3) is 0 Å². The zero-order chi connectivity index (χ0) is 21.5. The van der Waals surface area contributed by atoms with Crippen LogP contribution in [-0.4, -0.2) is 16.3 Å². The first-order valence-corrected chi connectivity index (χ1v) is 9.30. The second-order valence-electron chi connectivity index (χ2n) is 6.77. The maximum atomic E-state index is 9.64. The van der Waals surface area contributed by atoms with E-state index in [0.29, 0.717) is 5.76 Å². The first-order valence-electron chi connectivity index (χ1n) is 9.30. The van der Waals surface area contributed by atoms with E-state index in [1.165, 1.54) is 0 Å². The molecule has 0 aliphatic rings. The molecule has 0 saturated carbocycles. The van der Waals surface area contributed by atoms with Crippen molar-refractivity contribution in [3.05, 3.63) is 46.8 Å². The van der Waals surface area contributed by atoms with Gasteiger partial charge in [-0.3, -0.25) is 0 Å². The van der Waals surface area contributed by atoms with Crippen molar-refractivity contribution in [2.75, 3.05) is 0 Å². The highest BCUT2D eigenvalue weighted by Crippen LogP contribution is 2.27. The van der Waals surface area contributed by atoms with E-state index in [4.69, 9.17) is 5.11 Å². The number of aliphatic hydroxyl groups excluding tert-OH is 2. The largest absolute Gasteiger partial charge is 0.511 e. The van der Waals surface area contributed by atoms with E-state index >= 15 is 0 Å². The molecule has 1 unspecified atom stereocenters. The van der Waals surface area contributed by atoms with Gasteiger partial charge in [0.2, 0.25) is 0 Å². The zero-order valence-electron chi connectivity index (χ0n) is 19.4. The van der Waals surface area contributed by atoms with Gasteiger partial charge in [-0.15, -0.1) is 0 Å². The van der Waals surface area contributed by atoms with Crippen molar-refractivity contribution in [1.29, 1.82) is 0 Å². The zero-order valence-corrected chi connectivity index (χ0v) is 19.4. The lowest BCUT2D eigenvalue weighted by atomic mass is 9.89. The van der Waals surface area contributed by atoms with Gasteiger partial charge in [-0.25, -0.2) is 0 Å². The Morgan fingerprint density at radius 2 is 1.04 bits per heavy atom. The Morgan fingerprint density at radius 1 is 0.760 bits per heavy atom. The van der Waals surface area contributed by atoms with Gasteiger partial charge in [0.1, 0.15) is 5.76 Å². The quantitative estimate of drug-likeness (QED) is 0.401. The predicted octanol–water partition coefficient (Wildman–Crippen LogP) is 7.77. The lowest BCUT2D eigenvalue weighted by Gasteiger charge is -2.20. The molecule has 150 valence electrons. The van der Waals surface area contributed by atoms with E-state index in [0.717, 1.165) is 27.9 Å². The summed E-state index contributed by atoms with van der Waals surface area (Å²) >= 11 is 0. The summed E-state index contributed by atoms with van der Waals surface area (Å²) in [5.41, 5.74) is 4.80. The molecule has 0 aliphatic heterocycles. The highest BCUT2D eigenvalue weighted by Gasteiger charge is 2.18. The van der Waals surface area contributed by atoms with Crippen LogP contribution in [0.15, 0.2) is 46.8 Å². The van der Waals surface area contributed by atoms with Gasteiger partial charge in [-0.05, 0) is 58.3 Å². The minimum absolute atomic E-state index is 0.164. The summed E-state index contributed by atoms with van der Waals surface area (Å²) in [6.07, 6.45) is -0.350. The lowest BCUT2D eigenvalue weighted by Crippen LogP contribution is -2.11. The molecule has 25 heavy (non-hydrogen) atoms. The van der Waals surface area contributed by atoms with Gasteiger partial charge < -0.3 is 10.2 Å². The van der Waals surface area contributed by atoms with Crippen LogP contribution in [-0.2, 0) is 0 Å². The van der Waals surface area contributed by atoms with Gasteiger partial charge in [0.15, 0.2) is 0 Å². The summed E-state index contributed by atoms with van der Waals surface area (Å²) in [5, 5.41) is 18.8. The van der Waals surface area contributed by atoms with Crippen molar-refractivity contribution >= 4 is 0 Å². The number of hydrogen-bond acceptors (Lipinski definition) is 2. The van der Waals surface area contributed by atoms with E-state index in [9.17, 15) is 5.11 Å². The Bertz CT molecular complexity index is 441. The first-order chi connectivity index (χ1) is 11.2. The van der Waals surface area contributed by atoms with Crippen LogP contribution >= 0.6 is 0 Å². The Balaban J connectivity index is -0.000000147. The van der Waals surface area contributed by atoms with E-state index in [1.54, 1.807) is 6.92 Å². The van der Waals surface area contributed by atoms with Crippen molar-refractivity contribution in [3.63, 3.8) is 0 Å². The SMILES string of the molecule is C=C(C)/C(C)=C(/C)C(C)O.C=C(C)/C(C)=C(\O)C(C)(C)C.CC.CC. The fraction of sp³-hybridized carbons (Fsp3) is 0.652. The topological polar surface area (TPSA) is 40.5 Å². The van der Waals surface area contributed by atoms with Gasteiger partial charge >= 0.3 is 0 Å². The predicted molar refractivity (Wildman–Crippen MR) is 117 cm³/mol. The second-order valence-corrected chi connectivity index (χ2v) is 6.77. The molecule has 2 nitrogen and oxygen atoms in total. The molecule has 0 aromatic rings. The molecule has 0 aromatic heterocycles. The minimum Gasteiger partial charge on any atom is -0.511 e. The molecule has 0 aromatic carbocycles. The van der Waals surface area contributed by atoms with Crippen molar-refractivity contribution in [1.82, 2.24) is 0 Å². The van der Waals surface area contributed by atoms with Gasteiger partial charge in [-0.1, -0.05) is 72.8 Å². The lowest BCUT2D eigenvalue weighted by molar-refractivity contribution is 0.230. The van der Waals surface area contributed by atoms with Gasteiger partial charge in [0.25, 0.3) is 0 Å². The molecule has 0 amide bonds. The highest BCUT2D eigenvalue weighted by molar-refractivity contribution is 5.30. The maximum Gasteiger partial charge on any atom is 0.101 e. The van der Waals surface area contributed by atoms with Crippen molar-refractivity contribution in [2.45, 2.75) is 96.1 Å². The van der Waals surface area contributed by atoms with E-state index in [-0.39, 0.29) is 11.5 Å². The molecule has 0 saturated heterocycles. The fourth-order valence-corrected chi connectivity index (χ4v) is 1.41. The average molecular weight is 355 g/mol. The summed E-state index contributed by atoms with van der Waals surface area (Å²) in [6, 6.07) is 0. The maximum absolute atomic E-state index is 9.64. The summed E-state index contributed by atoms with van der Waals surface area (Å²) in [6.45, 7) is 32.9. The highest BCUT2D eigenvalue weighted by atomic mass is 16.3. The molecule has 0 aliphatic carbocycles. The molecular weight excluding hydrogens is 308 g/mol. The average Bonchev–Trinajstić information content (AvgIpc) is 2.55. The third kappa shape index (κ3) is 16.0. The van der Waals surface area contributed by atoms with Crippen molar-refractivity contribution in [2.24, 2.45) is 5.41 Å². The van der Waals surface area contributed by atoms with E-state index < -0.39 is 0 Å². The standard InChI is InChI=1S/C10H18O.C9H16O.2C2H6/c1-7(2)8(3)9(11)10(4,5)6;1-6(2)7(3)8(4)9(5)10;2*1-2/h11H,1H2,2-6H3;9-10H,1H2,2-5H3;2*1-2H3/b9-8-;8-7-;;. The summed E-state index contributed by atoms with van der Waals surface area (Å²) in [7, 11) is 0. The molecule has 2 N–H and O–H groups in total. The molecule has 0 bridgehead atoms. The number of aliphatic hydroxyl groups is 2. The second kappa shape index (κ2) is 16.2. The van der Waals surface area contributed by atoms with Crippen molar-refractivity contribution in [3.8, 4) is 0 Å². The summed E-state index contributed by atoms with van der Waals surface area (Å²) in [4.78, 5) is 0.